The van der Waals surface area contributed by atoms with Crippen molar-refractivity contribution in [1.29, 1.82) is 0 Å². The van der Waals surface area contributed by atoms with Crippen molar-refractivity contribution in [2.75, 3.05) is 6.54 Å². The second-order valence-electron chi connectivity index (χ2n) is 6.37. The number of H-pyrrole nitrogens is 1. The van der Waals surface area contributed by atoms with Gasteiger partial charge in [0.25, 0.3) is 0 Å². The second kappa shape index (κ2) is 6.73. The molecule has 24 heavy (non-hydrogen) atoms. The number of nitrogens with one attached hydrogen (secondary N) is 1. The first-order chi connectivity index (χ1) is 11.5. The zero-order valence-electron chi connectivity index (χ0n) is 13.9. The number of benzene rings is 1. The first-order valence-electron chi connectivity index (χ1n) is 8.22. The van der Waals surface area contributed by atoms with Crippen LogP contribution in [0.4, 0.5) is 4.39 Å². The Morgan fingerprint density at radius 1 is 1.50 bits per heavy atom. The molecule has 2 unspecified atom stereocenters. The van der Waals surface area contributed by atoms with Gasteiger partial charge < -0.3 is 10.0 Å². The number of carbonyl (C=O) groups excluding carboxylic acids is 1. The van der Waals surface area contributed by atoms with E-state index in [2.05, 4.69) is 10.2 Å². The second-order valence-corrected chi connectivity index (χ2v) is 6.37. The Morgan fingerprint density at radius 2 is 2.29 bits per heavy atom. The zero-order chi connectivity index (χ0) is 17.3. The van der Waals surface area contributed by atoms with Crippen molar-refractivity contribution in [3.63, 3.8) is 0 Å². The van der Waals surface area contributed by atoms with Gasteiger partial charge in [-0.25, -0.2) is 4.39 Å². The van der Waals surface area contributed by atoms with Gasteiger partial charge in [-0.3, -0.25) is 9.89 Å². The third-order valence-electron chi connectivity index (χ3n) is 4.69. The molecule has 5 nitrogen and oxygen atoms in total. The lowest BCUT2D eigenvalue weighted by molar-refractivity contribution is -0.134. The Kier molecular flexibility index (Phi) is 4.66. The molecular formula is C18H22FN3O2. The van der Waals surface area contributed by atoms with Crippen molar-refractivity contribution in [2.45, 2.75) is 45.3 Å². The van der Waals surface area contributed by atoms with E-state index in [0.717, 1.165) is 29.8 Å². The molecule has 3 rings (SSSR count). The van der Waals surface area contributed by atoms with Gasteiger partial charge in [0.2, 0.25) is 5.91 Å². The molecule has 0 radical (unpaired) electrons. The standard InChI is InChI=1S/C18H22FN3O2/c1-11-18(12(2)21-20-11)15-7-4-8-22(15)17(24)10-16(23)13-5-3-6-14(19)9-13/h3,5-6,9,15-16,23H,4,7-8,10H2,1-2H3,(H,20,21). The van der Waals surface area contributed by atoms with Gasteiger partial charge in [-0.2, -0.15) is 5.10 Å². The predicted octanol–water partition coefficient (Wildman–Crippen LogP) is 2.95. The lowest BCUT2D eigenvalue weighted by Gasteiger charge is -2.26. The summed E-state index contributed by atoms with van der Waals surface area (Å²) in [5.74, 6) is -0.531. The maximum Gasteiger partial charge on any atom is 0.226 e. The van der Waals surface area contributed by atoms with Crippen LogP contribution >= 0.6 is 0 Å². The number of nitrogens with zero attached hydrogens (tertiary/aromatic N) is 2. The number of rotatable bonds is 4. The van der Waals surface area contributed by atoms with Crippen molar-refractivity contribution in [3.8, 4) is 0 Å². The minimum Gasteiger partial charge on any atom is -0.388 e. The lowest BCUT2D eigenvalue weighted by Crippen LogP contribution is -2.32. The van der Waals surface area contributed by atoms with Crippen LogP contribution in [-0.2, 0) is 4.79 Å². The third-order valence-corrected chi connectivity index (χ3v) is 4.69. The van der Waals surface area contributed by atoms with E-state index < -0.39 is 11.9 Å². The summed E-state index contributed by atoms with van der Waals surface area (Å²) >= 11 is 0. The van der Waals surface area contributed by atoms with E-state index >= 15 is 0 Å². The molecule has 1 aliphatic heterocycles. The van der Waals surface area contributed by atoms with E-state index in [1.165, 1.54) is 18.2 Å². The number of aromatic nitrogens is 2. The molecule has 1 amide bonds. The van der Waals surface area contributed by atoms with Crippen LogP contribution in [0, 0.1) is 19.7 Å². The Bertz CT molecular complexity index is 724. The van der Waals surface area contributed by atoms with Crippen LogP contribution in [0.1, 0.15) is 53.9 Å². The Morgan fingerprint density at radius 3 is 2.96 bits per heavy atom. The normalized spacial score (nSPS) is 18.8. The maximum absolute atomic E-state index is 13.3. The predicted molar refractivity (Wildman–Crippen MR) is 87.7 cm³/mol. The monoisotopic (exact) mass is 331 g/mol. The Balaban J connectivity index is 1.74. The minimum atomic E-state index is -0.999. The van der Waals surface area contributed by atoms with Gasteiger partial charge in [-0.1, -0.05) is 12.1 Å². The van der Waals surface area contributed by atoms with Crippen LogP contribution in [0.2, 0.25) is 0 Å². The largest absolute Gasteiger partial charge is 0.388 e. The fraction of sp³-hybridized carbons (Fsp3) is 0.444. The Hall–Kier alpha value is -2.21. The summed E-state index contributed by atoms with van der Waals surface area (Å²) < 4.78 is 13.3. The molecule has 1 aromatic heterocycles. The molecule has 128 valence electrons. The zero-order valence-corrected chi connectivity index (χ0v) is 13.9. The molecule has 0 bridgehead atoms. The van der Waals surface area contributed by atoms with Crippen LogP contribution in [-0.4, -0.2) is 32.7 Å². The molecular weight excluding hydrogens is 309 g/mol. The fourth-order valence-corrected chi connectivity index (χ4v) is 3.53. The molecule has 2 heterocycles. The van der Waals surface area contributed by atoms with Crippen LogP contribution in [0.25, 0.3) is 0 Å². The molecule has 0 saturated carbocycles. The number of likely N-dealkylation sites (tertiary alicyclic amines) is 1. The lowest BCUT2D eigenvalue weighted by atomic mass is 10.0. The molecule has 2 N–H and O–H groups in total. The van der Waals surface area contributed by atoms with Crippen molar-refractivity contribution < 1.29 is 14.3 Å². The molecule has 6 heteroatoms. The highest BCUT2D eigenvalue weighted by atomic mass is 19.1. The van der Waals surface area contributed by atoms with Gasteiger partial charge >= 0.3 is 0 Å². The summed E-state index contributed by atoms with van der Waals surface area (Å²) in [6.45, 7) is 4.56. The average molecular weight is 331 g/mol. The van der Waals surface area contributed by atoms with E-state index in [9.17, 15) is 14.3 Å². The molecule has 0 spiro atoms. The number of hydrogen-bond donors (Lipinski definition) is 2. The summed E-state index contributed by atoms with van der Waals surface area (Å²) in [4.78, 5) is 14.5. The van der Waals surface area contributed by atoms with Crippen LogP contribution in [0.5, 0.6) is 0 Å². The van der Waals surface area contributed by atoms with Crippen molar-refractivity contribution >= 4 is 5.91 Å². The van der Waals surface area contributed by atoms with E-state index in [1.54, 1.807) is 6.07 Å². The van der Waals surface area contributed by atoms with Gasteiger partial charge in [0.05, 0.1) is 24.3 Å². The quantitative estimate of drug-likeness (QED) is 0.905. The number of halogens is 1. The summed E-state index contributed by atoms with van der Waals surface area (Å²) in [5, 5.41) is 17.5. The van der Waals surface area contributed by atoms with Gasteiger partial charge in [0.15, 0.2) is 0 Å². The van der Waals surface area contributed by atoms with Crippen LogP contribution in [0.3, 0.4) is 0 Å². The first kappa shape index (κ1) is 16.6. The molecule has 1 aromatic carbocycles. The topological polar surface area (TPSA) is 69.2 Å². The van der Waals surface area contributed by atoms with Crippen molar-refractivity contribution in [2.24, 2.45) is 0 Å². The number of aliphatic hydroxyl groups excluding tert-OH is 1. The van der Waals surface area contributed by atoms with E-state index in [-0.39, 0.29) is 18.4 Å². The minimum absolute atomic E-state index is 0.00374. The van der Waals surface area contributed by atoms with Gasteiger partial charge in [0, 0.05) is 17.8 Å². The van der Waals surface area contributed by atoms with E-state index in [1.807, 2.05) is 18.7 Å². The highest BCUT2D eigenvalue weighted by Gasteiger charge is 2.33. The third kappa shape index (κ3) is 3.19. The summed E-state index contributed by atoms with van der Waals surface area (Å²) in [5.41, 5.74) is 3.38. The summed E-state index contributed by atoms with van der Waals surface area (Å²) in [6, 6.07) is 5.75. The van der Waals surface area contributed by atoms with Gasteiger partial charge in [-0.05, 0) is 44.4 Å². The summed E-state index contributed by atoms with van der Waals surface area (Å²) in [7, 11) is 0. The van der Waals surface area contributed by atoms with E-state index in [0.29, 0.717) is 12.1 Å². The molecule has 1 saturated heterocycles. The number of aryl methyl sites for hydroxylation is 2. The summed E-state index contributed by atoms with van der Waals surface area (Å²) in [6.07, 6.45) is 0.774. The van der Waals surface area contributed by atoms with Crippen molar-refractivity contribution in [3.05, 3.63) is 52.6 Å². The molecule has 2 atom stereocenters. The van der Waals surface area contributed by atoms with Crippen LogP contribution in [0.15, 0.2) is 24.3 Å². The average Bonchev–Trinajstić information content (AvgIpc) is 3.13. The van der Waals surface area contributed by atoms with Gasteiger partial charge in [-0.15, -0.1) is 0 Å². The SMILES string of the molecule is Cc1n[nH]c(C)c1C1CCCN1C(=O)CC(O)c1cccc(F)c1. The van der Waals surface area contributed by atoms with Crippen molar-refractivity contribution in [1.82, 2.24) is 15.1 Å². The fourth-order valence-electron chi connectivity index (χ4n) is 3.53. The molecule has 1 aliphatic rings. The number of aromatic amines is 1. The maximum atomic E-state index is 13.3. The number of carbonyl (C=O) groups is 1. The number of hydrogen-bond acceptors (Lipinski definition) is 3. The highest BCUT2D eigenvalue weighted by molar-refractivity contribution is 5.78. The molecule has 1 fully saturated rings. The molecule has 0 aliphatic carbocycles. The number of amides is 1. The number of aliphatic hydroxyl groups is 1. The highest BCUT2D eigenvalue weighted by Crippen LogP contribution is 2.36. The molecule has 2 aromatic rings. The Labute approximate surface area is 140 Å². The van der Waals surface area contributed by atoms with Gasteiger partial charge in [0.1, 0.15) is 5.82 Å². The van der Waals surface area contributed by atoms with Crippen LogP contribution < -0.4 is 0 Å². The van der Waals surface area contributed by atoms with E-state index in [4.69, 9.17) is 0 Å². The smallest absolute Gasteiger partial charge is 0.226 e. The first-order valence-corrected chi connectivity index (χ1v) is 8.22.